The molecule has 0 saturated carbocycles. The molecule has 0 radical (unpaired) electrons. The first kappa shape index (κ1) is 37.6. The molecule has 0 amide bonds. The fourth-order valence-electron chi connectivity index (χ4n) is 10.0. The molecule has 0 unspecified atom stereocenters. The minimum atomic E-state index is 0.639. The monoisotopic (exact) mass is 872 g/mol. The average Bonchev–Trinajstić information content (AvgIpc) is 4.08. The smallest absolute Gasteiger partial charge is 0.235 e. The van der Waals surface area contributed by atoms with Crippen molar-refractivity contribution in [3.63, 3.8) is 0 Å². The van der Waals surface area contributed by atoms with E-state index < -0.39 is 0 Å². The Labute approximate surface area is 388 Å². The molecule has 0 aliphatic heterocycles. The van der Waals surface area contributed by atoms with Crippen LogP contribution in [0.5, 0.6) is 0 Å². The number of aromatic nitrogens is 6. The van der Waals surface area contributed by atoms with E-state index in [4.69, 9.17) is 19.9 Å². The van der Waals surface area contributed by atoms with Gasteiger partial charge >= 0.3 is 0 Å². The largest absolute Gasteiger partial charge is 0.278 e. The Kier molecular flexibility index (Phi) is 8.35. The standard InChI is InChI=1S/C60H36N6S/c1-4-16-37(17-5-1)55-36-50-58(67-55)57(39-20-8-3-9-21-39)64-60(62-50)65-51-27-15-13-24-44(51)45-30-28-43(35-53(45)65)42-29-31-52-47(33-42)48-32-40-22-10-11-23-41(40)34-54(48)66(52)59-61-49-26-14-12-25-46(49)56(63-59)38-18-6-2-7-19-38/h1-36H. The Morgan fingerprint density at radius 3 is 1.58 bits per heavy atom. The highest BCUT2D eigenvalue weighted by Gasteiger charge is 2.22. The molecule has 0 aliphatic carbocycles. The second kappa shape index (κ2) is 14.9. The van der Waals surface area contributed by atoms with E-state index in [-0.39, 0.29) is 0 Å². The number of hydrogen-bond donors (Lipinski definition) is 0. The molecule has 7 heteroatoms. The van der Waals surface area contributed by atoms with Gasteiger partial charge in [0, 0.05) is 42.9 Å². The summed E-state index contributed by atoms with van der Waals surface area (Å²) in [5.41, 5.74) is 13.3. The second-order valence-corrected chi connectivity index (χ2v) is 18.1. The highest BCUT2D eigenvalue weighted by Crippen LogP contribution is 2.42. The van der Waals surface area contributed by atoms with Crippen LogP contribution in [0.2, 0.25) is 0 Å². The van der Waals surface area contributed by atoms with Gasteiger partial charge in [-0.2, -0.15) is 0 Å². The van der Waals surface area contributed by atoms with E-state index in [2.05, 4.69) is 215 Å². The number of hydrogen-bond acceptors (Lipinski definition) is 5. The van der Waals surface area contributed by atoms with Crippen molar-refractivity contribution in [3.8, 4) is 56.0 Å². The zero-order valence-electron chi connectivity index (χ0n) is 35.9. The van der Waals surface area contributed by atoms with Crippen LogP contribution in [0.25, 0.3) is 131 Å². The van der Waals surface area contributed by atoms with Gasteiger partial charge in [-0.05, 0) is 76.0 Å². The molecule has 14 rings (SSSR count). The molecule has 0 N–H and O–H groups in total. The van der Waals surface area contributed by atoms with Gasteiger partial charge < -0.3 is 0 Å². The zero-order valence-corrected chi connectivity index (χ0v) is 36.7. The van der Waals surface area contributed by atoms with Crippen molar-refractivity contribution < 1.29 is 0 Å². The van der Waals surface area contributed by atoms with Crippen molar-refractivity contribution in [2.45, 2.75) is 0 Å². The maximum atomic E-state index is 5.45. The van der Waals surface area contributed by atoms with Gasteiger partial charge in [-0.1, -0.05) is 170 Å². The Bertz CT molecular complexity index is 4270. The molecular weight excluding hydrogens is 837 g/mol. The van der Waals surface area contributed by atoms with Crippen LogP contribution in [0, 0.1) is 0 Å². The van der Waals surface area contributed by atoms with Crippen LogP contribution >= 0.6 is 11.3 Å². The predicted octanol–water partition coefficient (Wildman–Crippen LogP) is 15.6. The normalized spacial score (nSPS) is 11.9. The lowest BCUT2D eigenvalue weighted by molar-refractivity contribution is 1.01. The molecule has 9 aromatic carbocycles. The summed E-state index contributed by atoms with van der Waals surface area (Å²) in [5, 5.41) is 7.94. The predicted molar refractivity (Wildman–Crippen MR) is 278 cm³/mol. The highest BCUT2D eigenvalue weighted by atomic mass is 32.1. The third kappa shape index (κ3) is 6.02. The van der Waals surface area contributed by atoms with Crippen LogP contribution in [0.1, 0.15) is 0 Å². The van der Waals surface area contributed by atoms with Crippen LogP contribution < -0.4 is 0 Å². The van der Waals surface area contributed by atoms with Crippen molar-refractivity contribution in [2.75, 3.05) is 0 Å². The maximum Gasteiger partial charge on any atom is 0.235 e. The third-order valence-electron chi connectivity index (χ3n) is 13.1. The highest BCUT2D eigenvalue weighted by molar-refractivity contribution is 7.22. The first-order valence-corrected chi connectivity index (χ1v) is 23.3. The number of nitrogens with zero attached hydrogens (tertiary/aromatic N) is 6. The molecular formula is C60H36N6S. The number of benzene rings is 9. The molecule has 5 heterocycles. The van der Waals surface area contributed by atoms with E-state index in [0.717, 1.165) is 109 Å². The van der Waals surface area contributed by atoms with Crippen molar-refractivity contribution in [1.82, 2.24) is 29.1 Å². The van der Waals surface area contributed by atoms with Gasteiger partial charge in [0.15, 0.2) is 0 Å². The third-order valence-corrected chi connectivity index (χ3v) is 14.3. The SMILES string of the molecule is c1ccc(-c2cc3nc(-n4c5ccccc5c5ccc(-c6ccc7c(c6)c6cc8ccccc8cc6n7-c6nc(-c7ccccc7)c7ccccc7n6)cc54)nc(-c4ccccc4)c3s2)cc1. The van der Waals surface area contributed by atoms with Crippen molar-refractivity contribution in [3.05, 3.63) is 218 Å². The molecule has 5 aromatic heterocycles. The maximum absolute atomic E-state index is 5.45. The number of fused-ring (bicyclic) bond motifs is 9. The molecule has 0 atom stereocenters. The molecule has 0 saturated heterocycles. The van der Waals surface area contributed by atoms with Gasteiger partial charge in [0.05, 0.1) is 49.2 Å². The van der Waals surface area contributed by atoms with Crippen LogP contribution in [-0.4, -0.2) is 29.1 Å². The van der Waals surface area contributed by atoms with E-state index in [1.165, 1.54) is 10.9 Å². The van der Waals surface area contributed by atoms with Gasteiger partial charge in [-0.25, -0.2) is 19.9 Å². The van der Waals surface area contributed by atoms with E-state index in [1.807, 2.05) is 12.1 Å². The van der Waals surface area contributed by atoms with Gasteiger partial charge in [-0.3, -0.25) is 9.13 Å². The Morgan fingerprint density at radius 2 is 0.821 bits per heavy atom. The van der Waals surface area contributed by atoms with Gasteiger partial charge in [-0.15, -0.1) is 11.3 Å². The lowest BCUT2D eigenvalue weighted by Crippen LogP contribution is -2.03. The van der Waals surface area contributed by atoms with Gasteiger partial charge in [0.2, 0.25) is 11.9 Å². The average molecular weight is 873 g/mol. The summed E-state index contributed by atoms with van der Waals surface area (Å²) in [7, 11) is 0. The first-order valence-electron chi connectivity index (χ1n) is 22.5. The van der Waals surface area contributed by atoms with Gasteiger partial charge in [0.25, 0.3) is 0 Å². The molecule has 0 bridgehead atoms. The van der Waals surface area contributed by atoms with Crippen LogP contribution in [0.3, 0.4) is 0 Å². The molecule has 312 valence electrons. The number of rotatable bonds is 6. The van der Waals surface area contributed by atoms with Gasteiger partial charge in [0.1, 0.15) is 0 Å². The summed E-state index contributed by atoms with van der Waals surface area (Å²) in [6, 6.07) is 77.4. The Balaban J connectivity index is 0.988. The lowest BCUT2D eigenvalue weighted by Gasteiger charge is -2.12. The molecule has 0 aliphatic rings. The van der Waals surface area contributed by atoms with E-state index in [9.17, 15) is 0 Å². The molecule has 6 nitrogen and oxygen atoms in total. The topological polar surface area (TPSA) is 61.4 Å². The fourth-order valence-corrected chi connectivity index (χ4v) is 11.1. The van der Waals surface area contributed by atoms with Crippen molar-refractivity contribution in [1.29, 1.82) is 0 Å². The second-order valence-electron chi connectivity index (χ2n) is 17.1. The number of thiophene rings is 1. The summed E-state index contributed by atoms with van der Waals surface area (Å²) >= 11 is 1.74. The molecule has 0 fully saturated rings. The Hall–Kier alpha value is -8.78. The summed E-state index contributed by atoms with van der Waals surface area (Å²) in [4.78, 5) is 22.6. The number of para-hydroxylation sites is 2. The minimum Gasteiger partial charge on any atom is -0.278 e. The fraction of sp³-hybridized carbons (Fsp3) is 0. The zero-order chi connectivity index (χ0) is 44.0. The minimum absolute atomic E-state index is 0.639. The summed E-state index contributed by atoms with van der Waals surface area (Å²) in [6.07, 6.45) is 0. The molecule has 0 spiro atoms. The molecule has 67 heavy (non-hydrogen) atoms. The summed E-state index contributed by atoms with van der Waals surface area (Å²) in [6.45, 7) is 0. The van der Waals surface area contributed by atoms with Crippen molar-refractivity contribution >= 4 is 86.8 Å². The first-order chi connectivity index (χ1) is 33.2. The van der Waals surface area contributed by atoms with Crippen LogP contribution in [-0.2, 0) is 0 Å². The summed E-state index contributed by atoms with van der Waals surface area (Å²) < 4.78 is 5.56. The van der Waals surface area contributed by atoms with Crippen LogP contribution in [0.15, 0.2) is 218 Å². The van der Waals surface area contributed by atoms with Crippen LogP contribution in [0.4, 0.5) is 0 Å². The summed E-state index contributed by atoms with van der Waals surface area (Å²) in [5.74, 6) is 1.28. The molecule has 14 aromatic rings. The Morgan fingerprint density at radius 1 is 0.299 bits per heavy atom. The van der Waals surface area contributed by atoms with Crippen molar-refractivity contribution in [2.24, 2.45) is 0 Å². The van der Waals surface area contributed by atoms with E-state index in [1.54, 1.807) is 11.3 Å². The lowest BCUT2D eigenvalue weighted by atomic mass is 10.0. The quantitative estimate of drug-likeness (QED) is 0.167. The van der Waals surface area contributed by atoms with E-state index in [0.29, 0.717) is 11.9 Å². The van der Waals surface area contributed by atoms with E-state index >= 15 is 0 Å².